The standard InChI is InChI=1S/C12H5Cl3FNO/c13-8-4-10(15)9(14)3-7(8)12-6(5-18)1-2-11(16)17-12/h1-5H. The number of carbonyl (C=O) groups is 1. The second-order valence-electron chi connectivity index (χ2n) is 3.44. The summed E-state index contributed by atoms with van der Waals surface area (Å²) in [5.41, 5.74) is 0.706. The van der Waals surface area contributed by atoms with E-state index in [1.165, 1.54) is 18.2 Å². The van der Waals surface area contributed by atoms with Crippen LogP contribution in [0.4, 0.5) is 4.39 Å². The summed E-state index contributed by atoms with van der Waals surface area (Å²) in [6, 6.07) is 5.28. The average Bonchev–Trinajstić information content (AvgIpc) is 2.34. The lowest BCUT2D eigenvalue weighted by atomic mass is 10.1. The third kappa shape index (κ3) is 2.48. The minimum absolute atomic E-state index is 0.133. The number of benzene rings is 1. The molecule has 0 N–H and O–H groups in total. The second kappa shape index (κ2) is 5.22. The van der Waals surface area contributed by atoms with Gasteiger partial charge in [-0.1, -0.05) is 34.8 Å². The van der Waals surface area contributed by atoms with E-state index in [1.807, 2.05) is 0 Å². The van der Waals surface area contributed by atoms with Crippen molar-refractivity contribution < 1.29 is 9.18 Å². The fourth-order valence-electron chi connectivity index (χ4n) is 1.46. The van der Waals surface area contributed by atoms with Gasteiger partial charge in [-0.25, -0.2) is 4.98 Å². The monoisotopic (exact) mass is 303 g/mol. The highest BCUT2D eigenvalue weighted by Crippen LogP contribution is 2.35. The Labute approximate surface area is 117 Å². The number of hydrogen-bond acceptors (Lipinski definition) is 2. The molecule has 0 aliphatic heterocycles. The lowest BCUT2D eigenvalue weighted by Crippen LogP contribution is -1.95. The van der Waals surface area contributed by atoms with Crippen molar-refractivity contribution in [3.05, 3.63) is 50.8 Å². The predicted molar refractivity (Wildman–Crippen MR) is 70.0 cm³/mol. The molecule has 18 heavy (non-hydrogen) atoms. The Balaban J connectivity index is 2.72. The van der Waals surface area contributed by atoms with Gasteiger partial charge in [0.15, 0.2) is 6.29 Å². The van der Waals surface area contributed by atoms with Gasteiger partial charge in [0.1, 0.15) is 0 Å². The number of halogens is 4. The Bertz CT molecular complexity index is 631. The third-order valence-corrected chi connectivity index (χ3v) is 3.32. The van der Waals surface area contributed by atoms with Gasteiger partial charge in [-0.05, 0) is 24.3 Å². The molecule has 1 heterocycles. The van der Waals surface area contributed by atoms with Gasteiger partial charge in [0, 0.05) is 11.1 Å². The van der Waals surface area contributed by atoms with E-state index in [9.17, 15) is 9.18 Å². The number of nitrogens with zero attached hydrogens (tertiary/aromatic N) is 1. The molecule has 0 saturated heterocycles. The first-order valence-electron chi connectivity index (χ1n) is 4.79. The summed E-state index contributed by atoms with van der Waals surface area (Å²) in [6.07, 6.45) is 0.570. The zero-order valence-electron chi connectivity index (χ0n) is 8.75. The summed E-state index contributed by atoms with van der Waals surface area (Å²) in [5, 5.41) is 0.763. The molecular formula is C12H5Cl3FNO. The van der Waals surface area contributed by atoms with Crippen LogP contribution in [0.1, 0.15) is 10.4 Å². The van der Waals surface area contributed by atoms with E-state index in [0.717, 1.165) is 6.07 Å². The molecular weight excluding hydrogens is 299 g/mol. The van der Waals surface area contributed by atoms with Crippen molar-refractivity contribution in [2.45, 2.75) is 0 Å². The van der Waals surface area contributed by atoms with Crippen molar-refractivity contribution in [2.24, 2.45) is 0 Å². The molecule has 0 fully saturated rings. The van der Waals surface area contributed by atoms with Crippen LogP contribution < -0.4 is 0 Å². The minimum Gasteiger partial charge on any atom is -0.298 e. The number of pyridine rings is 1. The number of hydrogen-bond donors (Lipinski definition) is 0. The van der Waals surface area contributed by atoms with Crippen molar-refractivity contribution in [3.63, 3.8) is 0 Å². The van der Waals surface area contributed by atoms with Crippen LogP contribution in [0.3, 0.4) is 0 Å². The number of aldehydes is 1. The summed E-state index contributed by atoms with van der Waals surface area (Å²) < 4.78 is 13.2. The molecule has 0 unspecified atom stereocenters. The fraction of sp³-hybridized carbons (Fsp3) is 0. The largest absolute Gasteiger partial charge is 0.298 e. The van der Waals surface area contributed by atoms with E-state index >= 15 is 0 Å². The molecule has 0 atom stereocenters. The molecule has 0 amide bonds. The first kappa shape index (κ1) is 13.3. The second-order valence-corrected chi connectivity index (χ2v) is 4.66. The number of carbonyl (C=O) groups excluding carboxylic acids is 1. The lowest BCUT2D eigenvalue weighted by Gasteiger charge is -2.08. The molecule has 6 heteroatoms. The summed E-state index contributed by atoms with van der Waals surface area (Å²) in [7, 11) is 0. The highest BCUT2D eigenvalue weighted by atomic mass is 35.5. The molecule has 0 aliphatic carbocycles. The van der Waals surface area contributed by atoms with Crippen LogP contribution in [-0.4, -0.2) is 11.3 Å². The zero-order chi connectivity index (χ0) is 13.3. The van der Waals surface area contributed by atoms with Gasteiger partial charge in [-0.15, -0.1) is 0 Å². The van der Waals surface area contributed by atoms with Crippen LogP contribution in [0.5, 0.6) is 0 Å². The zero-order valence-corrected chi connectivity index (χ0v) is 11.0. The van der Waals surface area contributed by atoms with Crippen LogP contribution in [-0.2, 0) is 0 Å². The molecule has 92 valence electrons. The Kier molecular flexibility index (Phi) is 3.85. The Morgan fingerprint density at radius 3 is 2.39 bits per heavy atom. The molecule has 2 rings (SSSR count). The van der Waals surface area contributed by atoms with Gasteiger partial charge in [-0.3, -0.25) is 4.79 Å². The summed E-state index contributed by atoms with van der Waals surface area (Å²) in [6.45, 7) is 0. The molecule has 2 aromatic rings. The molecule has 1 aromatic carbocycles. The lowest BCUT2D eigenvalue weighted by molar-refractivity contribution is 0.112. The fourth-order valence-corrected chi connectivity index (χ4v) is 2.10. The van der Waals surface area contributed by atoms with E-state index < -0.39 is 5.95 Å². The predicted octanol–water partition coefficient (Wildman–Crippen LogP) is 4.66. The maximum Gasteiger partial charge on any atom is 0.213 e. The van der Waals surface area contributed by atoms with Crippen molar-refractivity contribution in [1.29, 1.82) is 0 Å². The van der Waals surface area contributed by atoms with Crippen LogP contribution in [0.2, 0.25) is 15.1 Å². The first-order valence-corrected chi connectivity index (χ1v) is 5.93. The van der Waals surface area contributed by atoms with Gasteiger partial charge in [0.2, 0.25) is 5.95 Å². The summed E-state index contributed by atoms with van der Waals surface area (Å²) >= 11 is 17.7. The van der Waals surface area contributed by atoms with Crippen LogP contribution in [0.15, 0.2) is 24.3 Å². The normalized spacial score (nSPS) is 10.4. The van der Waals surface area contributed by atoms with Gasteiger partial charge >= 0.3 is 0 Å². The summed E-state index contributed by atoms with van der Waals surface area (Å²) in [4.78, 5) is 14.6. The third-order valence-electron chi connectivity index (χ3n) is 2.28. The number of rotatable bonds is 2. The minimum atomic E-state index is -0.710. The molecule has 0 aliphatic rings. The van der Waals surface area contributed by atoms with Gasteiger partial charge < -0.3 is 0 Å². The van der Waals surface area contributed by atoms with E-state index in [1.54, 1.807) is 0 Å². The SMILES string of the molecule is O=Cc1ccc(F)nc1-c1cc(Cl)c(Cl)cc1Cl. The Morgan fingerprint density at radius 1 is 1.06 bits per heavy atom. The van der Waals surface area contributed by atoms with Crippen molar-refractivity contribution >= 4 is 41.1 Å². The van der Waals surface area contributed by atoms with Crippen LogP contribution >= 0.6 is 34.8 Å². The molecule has 1 aromatic heterocycles. The van der Waals surface area contributed by atoms with E-state index in [4.69, 9.17) is 34.8 Å². The number of aromatic nitrogens is 1. The maximum atomic E-state index is 13.2. The van der Waals surface area contributed by atoms with Crippen LogP contribution in [0.25, 0.3) is 11.3 Å². The molecule has 0 bridgehead atoms. The van der Waals surface area contributed by atoms with E-state index in [2.05, 4.69) is 4.98 Å². The molecule has 2 nitrogen and oxygen atoms in total. The quantitative estimate of drug-likeness (QED) is 0.459. The smallest absolute Gasteiger partial charge is 0.213 e. The highest BCUT2D eigenvalue weighted by Gasteiger charge is 2.14. The summed E-state index contributed by atoms with van der Waals surface area (Å²) in [5.74, 6) is -0.710. The highest BCUT2D eigenvalue weighted by molar-refractivity contribution is 6.44. The first-order chi connectivity index (χ1) is 8.52. The van der Waals surface area contributed by atoms with E-state index in [-0.39, 0.29) is 26.3 Å². The molecule has 0 radical (unpaired) electrons. The van der Waals surface area contributed by atoms with Crippen molar-refractivity contribution in [1.82, 2.24) is 4.98 Å². The van der Waals surface area contributed by atoms with Crippen molar-refractivity contribution in [3.8, 4) is 11.3 Å². The van der Waals surface area contributed by atoms with E-state index in [0.29, 0.717) is 11.8 Å². The molecule has 0 saturated carbocycles. The topological polar surface area (TPSA) is 30.0 Å². The maximum absolute atomic E-state index is 13.2. The average molecular weight is 305 g/mol. The molecule has 0 spiro atoms. The van der Waals surface area contributed by atoms with Gasteiger partial charge in [-0.2, -0.15) is 4.39 Å². The Hall–Kier alpha value is -1.16. The van der Waals surface area contributed by atoms with Gasteiger partial charge in [0.25, 0.3) is 0 Å². The van der Waals surface area contributed by atoms with Crippen LogP contribution in [0, 0.1) is 5.95 Å². The Morgan fingerprint density at radius 2 is 1.72 bits per heavy atom. The van der Waals surface area contributed by atoms with Crippen molar-refractivity contribution in [2.75, 3.05) is 0 Å². The van der Waals surface area contributed by atoms with Gasteiger partial charge in [0.05, 0.1) is 20.8 Å².